The van der Waals surface area contributed by atoms with E-state index >= 15 is 0 Å². The van der Waals surface area contributed by atoms with E-state index in [2.05, 4.69) is 17.0 Å². The molecule has 1 unspecified atom stereocenters. The molecule has 1 amide bonds. The fourth-order valence-electron chi connectivity index (χ4n) is 2.82. The predicted molar refractivity (Wildman–Crippen MR) is 80.4 cm³/mol. The quantitative estimate of drug-likeness (QED) is 0.857. The van der Waals surface area contributed by atoms with Gasteiger partial charge in [0.1, 0.15) is 11.6 Å². The minimum atomic E-state index is -0.305. The van der Waals surface area contributed by atoms with Gasteiger partial charge in [-0.05, 0) is 49.9 Å². The van der Waals surface area contributed by atoms with Crippen molar-refractivity contribution in [2.75, 3.05) is 13.1 Å². The fraction of sp³-hybridized carbons (Fsp3) is 0.438. The summed E-state index contributed by atoms with van der Waals surface area (Å²) in [6.07, 6.45) is 2.17. The van der Waals surface area contributed by atoms with E-state index < -0.39 is 0 Å². The number of carbonyl (C=O) groups is 1. The topological polar surface area (TPSA) is 51.0 Å². The Balaban J connectivity index is 1.85. The third-order valence-electron chi connectivity index (χ3n) is 3.98. The van der Waals surface area contributed by atoms with Gasteiger partial charge in [0.05, 0.1) is 5.69 Å². The largest absolute Gasteiger partial charge is 0.336 e. The Morgan fingerprint density at radius 3 is 2.73 bits per heavy atom. The molecule has 1 aliphatic rings. The van der Waals surface area contributed by atoms with Crippen molar-refractivity contribution < 1.29 is 9.18 Å². The number of carbonyl (C=O) groups excluding carboxylic acids is 1. The summed E-state index contributed by atoms with van der Waals surface area (Å²) in [5.74, 6) is 0.893. The van der Waals surface area contributed by atoms with Crippen LogP contribution >= 0.6 is 0 Å². The molecule has 0 aliphatic carbocycles. The summed E-state index contributed by atoms with van der Waals surface area (Å²) in [6, 6.07) is 5.97. The molecule has 1 atom stereocenters. The summed E-state index contributed by atoms with van der Waals surface area (Å²) in [6.45, 7) is 5.44. The summed E-state index contributed by atoms with van der Waals surface area (Å²) in [7, 11) is 0. The van der Waals surface area contributed by atoms with Gasteiger partial charge >= 0.3 is 0 Å². The van der Waals surface area contributed by atoms with Crippen molar-refractivity contribution in [2.24, 2.45) is 5.92 Å². The Hall–Kier alpha value is -2.24. The smallest absolute Gasteiger partial charge is 0.293 e. The SMILES string of the molecule is Cc1nc(C(=O)N2CCCC(C)C2)nn1-c1ccc(F)cc1. The highest BCUT2D eigenvalue weighted by molar-refractivity contribution is 5.90. The molecule has 1 fully saturated rings. The van der Waals surface area contributed by atoms with Crippen LogP contribution in [0.1, 0.15) is 36.2 Å². The van der Waals surface area contributed by atoms with Gasteiger partial charge in [-0.2, -0.15) is 0 Å². The third kappa shape index (κ3) is 2.86. The van der Waals surface area contributed by atoms with Gasteiger partial charge in [-0.25, -0.2) is 14.1 Å². The van der Waals surface area contributed by atoms with Gasteiger partial charge in [0.15, 0.2) is 0 Å². The van der Waals surface area contributed by atoms with E-state index in [9.17, 15) is 9.18 Å². The molecule has 1 aromatic carbocycles. The normalized spacial score (nSPS) is 18.5. The molecular formula is C16H19FN4O. The van der Waals surface area contributed by atoms with Crippen molar-refractivity contribution in [1.29, 1.82) is 0 Å². The maximum Gasteiger partial charge on any atom is 0.293 e. The molecule has 6 heteroatoms. The van der Waals surface area contributed by atoms with E-state index in [0.717, 1.165) is 25.9 Å². The Bertz CT molecular complexity index is 680. The lowest BCUT2D eigenvalue weighted by molar-refractivity contribution is 0.0670. The van der Waals surface area contributed by atoms with Gasteiger partial charge in [0, 0.05) is 13.1 Å². The second-order valence-corrected chi connectivity index (χ2v) is 5.87. The highest BCUT2D eigenvalue weighted by Gasteiger charge is 2.25. The highest BCUT2D eigenvalue weighted by atomic mass is 19.1. The second-order valence-electron chi connectivity index (χ2n) is 5.87. The first-order valence-corrected chi connectivity index (χ1v) is 7.53. The maximum absolute atomic E-state index is 13.0. The van der Waals surface area contributed by atoms with Gasteiger partial charge in [0.2, 0.25) is 5.82 Å². The zero-order valence-corrected chi connectivity index (χ0v) is 12.8. The second kappa shape index (κ2) is 5.87. The van der Waals surface area contributed by atoms with Crippen molar-refractivity contribution in [3.05, 3.63) is 41.7 Å². The van der Waals surface area contributed by atoms with Crippen LogP contribution in [-0.4, -0.2) is 38.7 Å². The summed E-state index contributed by atoms with van der Waals surface area (Å²) < 4.78 is 14.6. The van der Waals surface area contributed by atoms with Gasteiger partial charge in [-0.1, -0.05) is 6.92 Å². The van der Waals surface area contributed by atoms with E-state index in [1.54, 1.807) is 23.7 Å². The molecule has 0 bridgehead atoms. The van der Waals surface area contributed by atoms with Crippen molar-refractivity contribution in [3.63, 3.8) is 0 Å². The molecule has 116 valence electrons. The number of rotatable bonds is 2. The van der Waals surface area contributed by atoms with Crippen LogP contribution in [0.25, 0.3) is 5.69 Å². The number of aryl methyl sites for hydroxylation is 1. The summed E-state index contributed by atoms with van der Waals surface area (Å²) >= 11 is 0. The minimum Gasteiger partial charge on any atom is -0.336 e. The molecule has 0 radical (unpaired) electrons. The monoisotopic (exact) mass is 302 g/mol. The number of likely N-dealkylation sites (tertiary alicyclic amines) is 1. The van der Waals surface area contributed by atoms with Crippen LogP contribution in [-0.2, 0) is 0 Å². The molecular weight excluding hydrogens is 283 g/mol. The van der Waals surface area contributed by atoms with Gasteiger partial charge < -0.3 is 4.90 Å². The summed E-state index contributed by atoms with van der Waals surface area (Å²) in [5.41, 5.74) is 0.692. The molecule has 1 aromatic heterocycles. The van der Waals surface area contributed by atoms with E-state index in [1.807, 2.05) is 4.90 Å². The minimum absolute atomic E-state index is 0.129. The number of piperidine rings is 1. The average molecular weight is 302 g/mol. The first kappa shape index (κ1) is 14.7. The Labute approximate surface area is 128 Å². The Kier molecular flexibility index (Phi) is 3.92. The lowest BCUT2D eigenvalue weighted by atomic mass is 10.0. The van der Waals surface area contributed by atoms with Crippen molar-refractivity contribution in [2.45, 2.75) is 26.7 Å². The van der Waals surface area contributed by atoms with Crippen molar-refractivity contribution in [3.8, 4) is 5.69 Å². The summed E-state index contributed by atoms with van der Waals surface area (Å²) in [4.78, 5) is 18.6. The van der Waals surface area contributed by atoms with Crippen LogP contribution in [0.15, 0.2) is 24.3 Å². The molecule has 2 aromatic rings. The van der Waals surface area contributed by atoms with Crippen LogP contribution in [0.5, 0.6) is 0 Å². The van der Waals surface area contributed by atoms with Crippen LogP contribution in [0.2, 0.25) is 0 Å². The molecule has 22 heavy (non-hydrogen) atoms. The summed E-state index contributed by atoms with van der Waals surface area (Å²) in [5, 5.41) is 4.30. The van der Waals surface area contributed by atoms with Crippen LogP contribution in [0.4, 0.5) is 4.39 Å². The molecule has 0 N–H and O–H groups in total. The van der Waals surface area contributed by atoms with Crippen molar-refractivity contribution >= 4 is 5.91 Å². The van der Waals surface area contributed by atoms with Crippen molar-refractivity contribution in [1.82, 2.24) is 19.7 Å². The first-order valence-electron chi connectivity index (χ1n) is 7.53. The molecule has 5 nitrogen and oxygen atoms in total. The number of hydrogen-bond acceptors (Lipinski definition) is 3. The fourth-order valence-corrected chi connectivity index (χ4v) is 2.82. The molecule has 0 saturated carbocycles. The number of benzene rings is 1. The lowest BCUT2D eigenvalue weighted by Gasteiger charge is -2.29. The standard InChI is InChI=1S/C16H19FN4O/c1-11-4-3-9-20(10-11)16(22)15-18-12(2)21(19-15)14-7-5-13(17)6-8-14/h5-8,11H,3-4,9-10H2,1-2H3. The number of aromatic nitrogens is 3. The molecule has 0 spiro atoms. The van der Waals surface area contributed by atoms with E-state index in [-0.39, 0.29) is 17.5 Å². The number of amides is 1. The van der Waals surface area contributed by atoms with Crippen LogP contribution in [0.3, 0.4) is 0 Å². The average Bonchev–Trinajstić information content (AvgIpc) is 2.89. The zero-order chi connectivity index (χ0) is 15.7. The predicted octanol–water partition coefficient (Wildman–Crippen LogP) is 2.59. The molecule has 3 rings (SSSR count). The van der Waals surface area contributed by atoms with Gasteiger partial charge in [-0.3, -0.25) is 4.79 Å². The Morgan fingerprint density at radius 2 is 2.05 bits per heavy atom. The number of halogens is 1. The van der Waals surface area contributed by atoms with E-state index in [4.69, 9.17) is 0 Å². The van der Waals surface area contributed by atoms with Crippen LogP contribution < -0.4 is 0 Å². The van der Waals surface area contributed by atoms with E-state index in [0.29, 0.717) is 17.4 Å². The highest BCUT2D eigenvalue weighted by Crippen LogP contribution is 2.18. The molecule has 1 saturated heterocycles. The number of hydrogen-bond donors (Lipinski definition) is 0. The zero-order valence-electron chi connectivity index (χ0n) is 12.8. The van der Waals surface area contributed by atoms with Gasteiger partial charge in [0.25, 0.3) is 5.91 Å². The lowest BCUT2D eigenvalue weighted by Crippen LogP contribution is -2.39. The number of nitrogens with zero attached hydrogens (tertiary/aromatic N) is 4. The Morgan fingerprint density at radius 1 is 1.32 bits per heavy atom. The first-order chi connectivity index (χ1) is 10.5. The molecule has 1 aliphatic heterocycles. The van der Waals surface area contributed by atoms with E-state index in [1.165, 1.54) is 12.1 Å². The maximum atomic E-state index is 13.0. The molecule has 2 heterocycles. The van der Waals surface area contributed by atoms with Crippen LogP contribution in [0, 0.1) is 18.7 Å². The van der Waals surface area contributed by atoms with Gasteiger partial charge in [-0.15, -0.1) is 5.10 Å². The third-order valence-corrected chi connectivity index (χ3v) is 3.98.